The van der Waals surface area contributed by atoms with Crippen LogP contribution in [0.2, 0.25) is 0 Å². The first-order chi connectivity index (χ1) is 14.5. The smallest absolute Gasteiger partial charge is 0.421 e. The van der Waals surface area contributed by atoms with Gasteiger partial charge in [0.25, 0.3) is 0 Å². The van der Waals surface area contributed by atoms with Gasteiger partial charge in [-0.15, -0.1) is 0 Å². The second kappa shape index (κ2) is 8.82. The summed E-state index contributed by atoms with van der Waals surface area (Å²) in [6.45, 7) is 6.39. The van der Waals surface area contributed by atoms with E-state index in [4.69, 9.17) is 4.74 Å². The largest absolute Gasteiger partial charge is 0.476 e. The Morgan fingerprint density at radius 2 is 1.97 bits per heavy atom. The predicted octanol–water partition coefficient (Wildman–Crippen LogP) is 3.42. The van der Waals surface area contributed by atoms with Crippen LogP contribution in [0.25, 0.3) is 0 Å². The van der Waals surface area contributed by atoms with Gasteiger partial charge in [0, 0.05) is 43.1 Å². The summed E-state index contributed by atoms with van der Waals surface area (Å²) in [5.74, 6) is -0.742. The molecule has 0 unspecified atom stereocenters. The number of carbonyl (C=O) groups excluding carboxylic acids is 1. The number of pyridine rings is 2. The second-order valence-corrected chi connectivity index (χ2v) is 8.67. The molecular formula is C22H27F3N4O2. The number of nitrogens with zero attached hydrogens (tertiary/aromatic N) is 3. The summed E-state index contributed by atoms with van der Waals surface area (Å²) < 4.78 is 44.8. The van der Waals surface area contributed by atoms with E-state index in [9.17, 15) is 18.0 Å². The summed E-state index contributed by atoms with van der Waals surface area (Å²) >= 11 is 0. The van der Waals surface area contributed by atoms with Gasteiger partial charge >= 0.3 is 6.18 Å². The highest BCUT2D eigenvalue weighted by Gasteiger charge is 2.39. The normalized spacial score (nSPS) is 20.0. The molecule has 1 saturated heterocycles. The molecule has 2 aromatic rings. The molecule has 2 atom stereocenters. The van der Waals surface area contributed by atoms with Crippen molar-refractivity contribution in [2.45, 2.75) is 38.9 Å². The molecule has 1 amide bonds. The molecule has 0 saturated carbocycles. The first kappa shape index (κ1) is 23.0. The van der Waals surface area contributed by atoms with E-state index < -0.39 is 23.0 Å². The quantitative estimate of drug-likeness (QED) is 0.752. The number of likely N-dealkylation sites (tertiary alicyclic amines) is 1. The molecule has 0 spiro atoms. The Morgan fingerprint density at radius 3 is 2.61 bits per heavy atom. The Labute approximate surface area is 179 Å². The minimum absolute atomic E-state index is 0.0754. The van der Waals surface area contributed by atoms with E-state index >= 15 is 0 Å². The summed E-state index contributed by atoms with van der Waals surface area (Å²) in [7, 11) is 1.98. The molecule has 168 valence electrons. The molecular weight excluding hydrogens is 409 g/mol. The van der Waals surface area contributed by atoms with E-state index in [1.54, 1.807) is 13.8 Å². The Bertz CT molecular complexity index is 916. The van der Waals surface area contributed by atoms with E-state index in [0.717, 1.165) is 23.9 Å². The molecule has 6 nitrogen and oxygen atoms in total. The van der Waals surface area contributed by atoms with Crippen molar-refractivity contribution in [1.29, 1.82) is 0 Å². The van der Waals surface area contributed by atoms with Crippen molar-refractivity contribution >= 4 is 5.91 Å². The molecule has 3 rings (SSSR count). The van der Waals surface area contributed by atoms with E-state index in [1.165, 1.54) is 12.3 Å². The standard InChI is InChI=1S/C22H27F3N4O2/c1-14-7-8-15(10-27-14)16-11-29(4)12-18(16)28-20(30)21(2,3)13-31-19-17(22(23,24)25)6-5-9-26-19/h5-10,16,18H,11-13H2,1-4H3,(H,28,30)/t16-,18+/m0/s1. The molecule has 0 aromatic carbocycles. The lowest BCUT2D eigenvalue weighted by Crippen LogP contribution is -2.48. The van der Waals surface area contributed by atoms with Crippen LogP contribution in [0.3, 0.4) is 0 Å². The fraction of sp³-hybridized carbons (Fsp3) is 0.500. The lowest BCUT2D eigenvalue weighted by molar-refractivity contribution is -0.139. The lowest BCUT2D eigenvalue weighted by Gasteiger charge is -2.28. The number of likely N-dealkylation sites (N-methyl/N-ethyl adjacent to an activating group) is 1. The zero-order chi connectivity index (χ0) is 22.8. The highest BCUT2D eigenvalue weighted by atomic mass is 19.4. The SMILES string of the molecule is Cc1ccc([C@@H]2CN(C)C[C@H]2NC(=O)C(C)(C)COc2ncccc2C(F)(F)F)cn1. The number of carbonyl (C=O) groups is 1. The molecule has 1 N–H and O–H groups in total. The lowest BCUT2D eigenvalue weighted by atomic mass is 9.90. The fourth-order valence-corrected chi connectivity index (χ4v) is 3.58. The van der Waals surface area contributed by atoms with Gasteiger partial charge in [-0.05, 0) is 51.6 Å². The zero-order valence-corrected chi connectivity index (χ0v) is 18.0. The molecule has 0 bridgehead atoms. The second-order valence-electron chi connectivity index (χ2n) is 8.67. The van der Waals surface area contributed by atoms with Crippen molar-refractivity contribution in [2.24, 2.45) is 5.41 Å². The number of hydrogen-bond acceptors (Lipinski definition) is 5. The van der Waals surface area contributed by atoms with E-state index in [0.29, 0.717) is 6.54 Å². The van der Waals surface area contributed by atoms with Crippen molar-refractivity contribution in [3.8, 4) is 5.88 Å². The summed E-state index contributed by atoms with van der Waals surface area (Å²) in [4.78, 5) is 23.2. The summed E-state index contributed by atoms with van der Waals surface area (Å²) in [6, 6.07) is 5.92. The van der Waals surface area contributed by atoms with E-state index in [1.807, 2.05) is 32.3 Å². The molecule has 3 heterocycles. The number of halogens is 3. The zero-order valence-electron chi connectivity index (χ0n) is 18.0. The highest BCUT2D eigenvalue weighted by Crippen LogP contribution is 2.35. The first-order valence-electron chi connectivity index (χ1n) is 10.0. The van der Waals surface area contributed by atoms with Gasteiger partial charge < -0.3 is 15.0 Å². The average molecular weight is 436 g/mol. The monoisotopic (exact) mass is 436 g/mol. The van der Waals surface area contributed by atoms with E-state index in [-0.39, 0.29) is 24.5 Å². The van der Waals surface area contributed by atoms with Gasteiger partial charge in [0.2, 0.25) is 11.8 Å². The van der Waals surface area contributed by atoms with E-state index in [2.05, 4.69) is 20.2 Å². The summed E-state index contributed by atoms with van der Waals surface area (Å²) in [5.41, 5.74) is -0.0626. The number of aryl methyl sites for hydroxylation is 1. The van der Waals surface area contributed by atoms with Crippen molar-refractivity contribution in [3.63, 3.8) is 0 Å². The molecule has 0 aliphatic carbocycles. The predicted molar refractivity (Wildman–Crippen MR) is 110 cm³/mol. The molecule has 1 fully saturated rings. The van der Waals surface area contributed by atoms with Crippen LogP contribution >= 0.6 is 0 Å². The van der Waals surface area contributed by atoms with Crippen LogP contribution in [0.4, 0.5) is 13.2 Å². The Balaban J connectivity index is 1.68. The van der Waals surface area contributed by atoms with Gasteiger partial charge in [-0.2, -0.15) is 13.2 Å². The molecule has 1 aliphatic heterocycles. The number of rotatable bonds is 6. The number of alkyl halides is 3. The van der Waals surface area contributed by atoms with Gasteiger partial charge in [-0.1, -0.05) is 6.07 Å². The molecule has 9 heteroatoms. The number of amides is 1. The van der Waals surface area contributed by atoms with Crippen LogP contribution in [-0.4, -0.2) is 53.6 Å². The molecule has 31 heavy (non-hydrogen) atoms. The minimum Gasteiger partial charge on any atom is -0.476 e. The van der Waals surface area contributed by atoms with Crippen LogP contribution < -0.4 is 10.1 Å². The third kappa shape index (κ3) is 5.52. The van der Waals surface area contributed by atoms with Crippen molar-refractivity contribution in [2.75, 3.05) is 26.7 Å². The first-order valence-corrected chi connectivity index (χ1v) is 10.0. The van der Waals surface area contributed by atoms with Crippen LogP contribution in [0.5, 0.6) is 5.88 Å². The number of ether oxygens (including phenoxy) is 1. The van der Waals surface area contributed by atoms with Crippen LogP contribution in [0.15, 0.2) is 36.7 Å². The summed E-state index contributed by atoms with van der Waals surface area (Å²) in [5, 5.41) is 3.06. The maximum atomic E-state index is 13.2. The number of nitrogens with one attached hydrogen (secondary N) is 1. The average Bonchev–Trinajstić information content (AvgIpc) is 3.06. The van der Waals surface area contributed by atoms with Crippen molar-refractivity contribution < 1.29 is 22.7 Å². The van der Waals surface area contributed by atoms with Gasteiger partial charge in [-0.3, -0.25) is 9.78 Å². The topological polar surface area (TPSA) is 67.4 Å². The third-order valence-electron chi connectivity index (χ3n) is 5.44. The van der Waals surface area contributed by atoms with Gasteiger partial charge in [0.05, 0.1) is 5.41 Å². The maximum absolute atomic E-state index is 13.2. The van der Waals surface area contributed by atoms with Gasteiger partial charge in [0.1, 0.15) is 12.2 Å². The molecule has 2 aromatic heterocycles. The van der Waals surface area contributed by atoms with Crippen LogP contribution in [-0.2, 0) is 11.0 Å². The summed E-state index contributed by atoms with van der Waals surface area (Å²) in [6.07, 6.45) is -1.53. The fourth-order valence-electron chi connectivity index (χ4n) is 3.58. The van der Waals surface area contributed by atoms with Crippen molar-refractivity contribution in [1.82, 2.24) is 20.2 Å². The van der Waals surface area contributed by atoms with Crippen molar-refractivity contribution in [3.05, 3.63) is 53.5 Å². The number of hydrogen-bond donors (Lipinski definition) is 1. The molecule has 1 aliphatic rings. The Kier molecular flexibility index (Phi) is 6.54. The van der Waals surface area contributed by atoms with Gasteiger partial charge in [-0.25, -0.2) is 4.98 Å². The Hall–Kier alpha value is -2.68. The van der Waals surface area contributed by atoms with Crippen LogP contribution in [0.1, 0.15) is 36.6 Å². The maximum Gasteiger partial charge on any atom is 0.421 e. The Morgan fingerprint density at radius 1 is 1.23 bits per heavy atom. The molecule has 0 radical (unpaired) electrons. The van der Waals surface area contributed by atoms with Crippen LogP contribution in [0, 0.1) is 12.3 Å². The highest BCUT2D eigenvalue weighted by molar-refractivity contribution is 5.82. The minimum atomic E-state index is -4.58. The third-order valence-corrected chi connectivity index (χ3v) is 5.44. The number of aromatic nitrogens is 2. The van der Waals surface area contributed by atoms with Gasteiger partial charge in [0.15, 0.2) is 0 Å².